The lowest BCUT2D eigenvalue weighted by Gasteiger charge is -2.36. The van der Waals surface area contributed by atoms with Crippen LogP contribution in [0.1, 0.15) is 28.0 Å². The molecule has 3 aromatic carbocycles. The summed E-state index contributed by atoms with van der Waals surface area (Å²) >= 11 is 0. The smallest absolute Gasteiger partial charge is 0.188 e. The van der Waals surface area contributed by atoms with Crippen LogP contribution >= 0.6 is 0 Å². The summed E-state index contributed by atoms with van der Waals surface area (Å²) in [4.78, 5) is 18.9. The monoisotopic (exact) mass is 419 g/mol. The van der Waals surface area contributed by atoms with Gasteiger partial charge in [0.05, 0.1) is 29.9 Å². The summed E-state index contributed by atoms with van der Waals surface area (Å²) in [5, 5.41) is 0. The Kier molecular flexibility index (Phi) is 4.21. The first-order valence-electron chi connectivity index (χ1n) is 10.6. The van der Waals surface area contributed by atoms with Gasteiger partial charge < -0.3 is 13.9 Å². The summed E-state index contributed by atoms with van der Waals surface area (Å²) in [5.41, 5.74) is 4.61. The van der Waals surface area contributed by atoms with Gasteiger partial charge in [-0.05, 0) is 42.0 Å². The van der Waals surface area contributed by atoms with Gasteiger partial charge in [0.25, 0.3) is 0 Å². The Morgan fingerprint density at radius 2 is 1.62 bits per heavy atom. The quantitative estimate of drug-likeness (QED) is 0.359. The van der Waals surface area contributed by atoms with Crippen LogP contribution in [0, 0.1) is 0 Å². The Balaban J connectivity index is 1.64. The van der Waals surface area contributed by atoms with Crippen LogP contribution in [-0.4, -0.2) is 27.0 Å². The van der Waals surface area contributed by atoms with Crippen molar-refractivity contribution in [1.82, 2.24) is 14.1 Å². The number of ether oxygens (including phenoxy) is 1. The topological polar surface area (TPSA) is 49.1 Å². The number of hydrogen-bond acceptors (Lipinski definition) is 3. The number of rotatable bonds is 4. The number of hydrogen-bond donors (Lipinski definition) is 0. The van der Waals surface area contributed by atoms with Crippen LogP contribution in [0.4, 0.5) is 0 Å². The molecule has 0 aliphatic carbocycles. The van der Waals surface area contributed by atoms with Gasteiger partial charge in [0.2, 0.25) is 0 Å². The van der Waals surface area contributed by atoms with E-state index in [4.69, 9.17) is 9.72 Å². The van der Waals surface area contributed by atoms with Gasteiger partial charge in [0.1, 0.15) is 11.8 Å². The van der Waals surface area contributed by atoms with E-state index < -0.39 is 6.04 Å². The lowest BCUT2D eigenvalue weighted by atomic mass is 9.90. The highest BCUT2D eigenvalue weighted by Gasteiger charge is 2.40. The molecule has 5 aromatic rings. The van der Waals surface area contributed by atoms with E-state index in [0.717, 1.165) is 33.9 Å². The Hall–Kier alpha value is -4.12. The zero-order chi connectivity index (χ0) is 21.7. The summed E-state index contributed by atoms with van der Waals surface area (Å²) in [5.74, 6) is 1.73. The summed E-state index contributed by atoms with van der Waals surface area (Å²) in [6.45, 7) is 0. The number of aromatic nitrogens is 3. The molecule has 2 atom stereocenters. The summed E-state index contributed by atoms with van der Waals surface area (Å²) in [7, 11) is 1.66. The van der Waals surface area contributed by atoms with E-state index in [2.05, 4.69) is 15.2 Å². The van der Waals surface area contributed by atoms with E-state index in [-0.39, 0.29) is 11.8 Å². The number of carbonyl (C=O) groups excluding carboxylic acids is 1. The fourth-order valence-electron chi connectivity index (χ4n) is 4.80. The number of benzene rings is 3. The molecule has 0 radical (unpaired) electrons. The first-order valence-corrected chi connectivity index (χ1v) is 10.6. The van der Waals surface area contributed by atoms with Crippen LogP contribution in [-0.2, 0) is 0 Å². The SMILES string of the molecule is COc1ccc([C@@H]2[C@@H](C(=O)c3ccccc3)n3cccc3-c3nc4ccccc4n32)cc1. The predicted molar refractivity (Wildman–Crippen MR) is 124 cm³/mol. The number of nitrogens with zero attached hydrogens (tertiary/aromatic N) is 3. The van der Waals surface area contributed by atoms with E-state index in [1.807, 2.05) is 91.1 Å². The summed E-state index contributed by atoms with van der Waals surface area (Å²) in [6, 6.07) is 28.9. The standard InChI is InChI=1S/C27H21N3O2/c1-32-20-15-13-18(14-16-20)24-25(26(31)19-8-3-2-4-9-19)29-17-7-12-23(29)27-28-21-10-5-6-11-22(21)30(24)27/h2-17,24-25H,1H3/t24-,25+/m1/s1. The minimum Gasteiger partial charge on any atom is -0.497 e. The Bertz CT molecular complexity index is 1430. The van der Waals surface area contributed by atoms with Gasteiger partial charge in [0, 0.05) is 11.8 Å². The van der Waals surface area contributed by atoms with Crippen molar-refractivity contribution in [2.24, 2.45) is 0 Å². The van der Waals surface area contributed by atoms with Gasteiger partial charge in [0.15, 0.2) is 11.6 Å². The molecule has 0 fully saturated rings. The van der Waals surface area contributed by atoms with Crippen molar-refractivity contribution < 1.29 is 9.53 Å². The van der Waals surface area contributed by atoms with E-state index in [0.29, 0.717) is 5.56 Å². The number of fused-ring (bicyclic) bond motifs is 5. The fourth-order valence-corrected chi connectivity index (χ4v) is 4.80. The van der Waals surface area contributed by atoms with Crippen molar-refractivity contribution in [1.29, 1.82) is 0 Å². The van der Waals surface area contributed by atoms with Crippen LogP contribution < -0.4 is 4.74 Å². The molecule has 0 saturated heterocycles. The largest absolute Gasteiger partial charge is 0.497 e. The minimum absolute atomic E-state index is 0.0762. The molecule has 0 N–H and O–H groups in total. The molecule has 5 heteroatoms. The van der Waals surface area contributed by atoms with Gasteiger partial charge in [-0.25, -0.2) is 4.98 Å². The van der Waals surface area contributed by atoms with Crippen LogP contribution in [0.25, 0.3) is 22.6 Å². The van der Waals surface area contributed by atoms with Crippen LogP contribution in [0.5, 0.6) is 5.75 Å². The van der Waals surface area contributed by atoms with Crippen LogP contribution in [0.15, 0.2) is 97.2 Å². The second-order valence-corrected chi connectivity index (χ2v) is 7.99. The number of carbonyl (C=O) groups is 1. The van der Waals surface area contributed by atoms with Crippen molar-refractivity contribution in [3.63, 3.8) is 0 Å². The molecule has 0 saturated carbocycles. The van der Waals surface area contributed by atoms with Gasteiger partial charge in [-0.1, -0.05) is 54.6 Å². The number of Topliss-reactive ketones (excluding diaryl/α,β-unsaturated/α-hetero) is 1. The molecule has 0 unspecified atom stereocenters. The highest BCUT2D eigenvalue weighted by Crippen LogP contribution is 2.45. The zero-order valence-corrected chi connectivity index (χ0v) is 17.6. The van der Waals surface area contributed by atoms with E-state index in [9.17, 15) is 4.79 Å². The Morgan fingerprint density at radius 1 is 0.875 bits per heavy atom. The van der Waals surface area contributed by atoms with Crippen molar-refractivity contribution in [3.05, 3.63) is 108 Å². The maximum atomic E-state index is 14.0. The highest BCUT2D eigenvalue weighted by atomic mass is 16.5. The van der Waals surface area contributed by atoms with Gasteiger partial charge >= 0.3 is 0 Å². The maximum Gasteiger partial charge on any atom is 0.188 e. The average Bonchev–Trinajstić information content (AvgIpc) is 3.48. The van der Waals surface area contributed by atoms with E-state index >= 15 is 0 Å². The van der Waals surface area contributed by atoms with E-state index in [1.165, 1.54) is 0 Å². The molecule has 0 amide bonds. The van der Waals surface area contributed by atoms with Crippen molar-refractivity contribution in [2.45, 2.75) is 12.1 Å². The van der Waals surface area contributed by atoms with Gasteiger partial charge in [-0.2, -0.15) is 0 Å². The third-order valence-corrected chi connectivity index (χ3v) is 6.27. The number of methoxy groups -OCH3 is 1. The van der Waals surface area contributed by atoms with Crippen LogP contribution in [0.3, 0.4) is 0 Å². The second-order valence-electron chi connectivity index (χ2n) is 7.99. The van der Waals surface area contributed by atoms with Crippen molar-refractivity contribution in [3.8, 4) is 17.3 Å². The van der Waals surface area contributed by atoms with Crippen molar-refractivity contribution in [2.75, 3.05) is 7.11 Å². The third-order valence-electron chi connectivity index (χ3n) is 6.27. The normalized spacial score (nSPS) is 17.0. The maximum absolute atomic E-state index is 14.0. The second kappa shape index (κ2) is 7.24. The molecule has 156 valence electrons. The average molecular weight is 419 g/mol. The molecular weight excluding hydrogens is 398 g/mol. The Morgan fingerprint density at radius 3 is 2.41 bits per heavy atom. The molecule has 5 nitrogen and oxygen atoms in total. The third kappa shape index (κ3) is 2.71. The van der Waals surface area contributed by atoms with Crippen LogP contribution in [0.2, 0.25) is 0 Å². The lowest BCUT2D eigenvalue weighted by molar-refractivity contribution is 0.0895. The Labute approximate surface area is 185 Å². The van der Waals surface area contributed by atoms with Crippen molar-refractivity contribution >= 4 is 16.8 Å². The molecule has 0 spiro atoms. The summed E-state index contributed by atoms with van der Waals surface area (Å²) in [6.07, 6.45) is 1.99. The predicted octanol–water partition coefficient (Wildman–Crippen LogP) is 5.54. The number of para-hydroxylation sites is 2. The highest BCUT2D eigenvalue weighted by molar-refractivity contribution is 6.00. The number of imidazole rings is 1. The molecule has 3 heterocycles. The molecule has 6 rings (SSSR count). The molecule has 1 aliphatic rings. The molecule has 0 bridgehead atoms. The lowest BCUT2D eigenvalue weighted by Crippen LogP contribution is -2.34. The summed E-state index contributed by atoms with van der Waals surface area (Å²) < 4.78 is 9.67. The zero-order valence-electron chi connectivity index (χ0n) is 17.6. The first kappa shape index (κ1) is 18.6. The van der Waals surface area contributed by atoms with E-state index in [1.54, 1.807) is 7.11 Å². The molecule has 2 aromatic heterocycles. The molecule has 1 aliphatic heterocycles. The molecule has 32 heavy (non-hydrogen) atoms. The minimum atomic E-state index is -0.444. The van der Waals surface area contributed by atoms with Gasteiger partial charge in [-0.3, -0.25) is 4.79 Å². The molecular formula is C27H21N3O2. The number of ketones is 1. The fraction of sp³-hybridized carbons (Fsp3) is 0.111. The first-order chi connectivity index (χ1) is 15.8. The van der Waals surface area contributed by atoms with Gasteiger partial charge in [-0.15, -0.1) is 0 Å².